The highest BCUT2D eigenvalue weighted by molar-refractivity contribution is 6.32. The molecule has 0 aliphatic carbocycles. The van der Waals surface area contributed by atoms with Gasteiger partial charge >= 0.3 is 0 Å². The molecule has 0 spiro atoms. The Hall–Kier alpha value is -0.910. The number of hydrogen-bond donors (Lipinski definition) is 3. The van der Waals surface area contributed by atoms with Crippen LogP contribution >= 0.6 is 11.6 Å². The van der Waals surface area contributed by atoms with Crippen molar-refractivity contribution in [3.05, 3.63) is 16.8 Å². The molecule has 0 aromatic carbocycles. The molecule has 0 saturated carbocycles. The Kier molecular flexibility index (Phi) is 4.26. The molecular formula is C9H15ClN4O. The highest BCUT2D eigenvalue weighted by Crippen LogP contribution is 2.18. The van der Waals surface area contributed by atoms with Crippen molar-refractivity contribution in [2.45, 2.75) is 26.0 Å². The number of nitrogens with two attached hydrogens (primary N) is 1. The SMILES string of the molecule is CC(C)NC[C@H](O)c1cc(Cl)c(N)nn1. The summed E-state index contributed by atoms with van der Waals surface area (Å²) in [6, 6.07) is 1.83. The lowest BCUT2D eigenvalue weighted by Crippen LogP contribution is -2.28. The van der Waals surface area contributed by atoms with Crippen LogP contribution in [0.3, 0.4) is 0 Å². The summed E-state index contributed by atoms with van der Waals surface area (Å²) in [5.74, 6) is 0.171. The number of rotatable bonds is 4. The molecule has 1 aromatic heterocycles. The molecular weight excluding hydrogens is 216 g/mol. The van der Waals surface area contributed by atoms with Gasteiger partial charge in [0.15, 0.2) is 5.82 Å². The minimum atomic E-state index is -0.724. The van der Waals surface area contributed by atoms with Gasteiger partial charge < -0.3 is 16.2 Å². The Morgan fingerprint density at radius 2 is 2.20 bits per heavy atom. The number of nitrogens with one attached hydrogen (secondary N) is 1. The monoisotopic (exact) mass is 230 g/mol. The molecule has 0 unspecified atom stereocenters. The third kappa shape index (κ3) is 3.62. The topological polar surface area (TPSA) is 84.1 Å². The molecule has 4 N–H and O–H groups in total. The van der Waals surface area contributed by atoms with Gasteiger partial charge in [0.05, 0.1) is 10.7 Å². The highest BCUT2D eigenvalue weighted by Gasteiger charge is 2.11. The molecule has 5 nitrogen and oxygen atoms in total. The first kappa shape index (κ1) is 12.2. The lowest BCUT2D eigenvalue weighted by Gasteiger charge is -2.13. The van der Waals surface area contributed by atoms with E-state index in [-0.39, 0.29) is 5.82 Å². The zero-order valence-corrected chi connectivity index (χ0v) is 9.49. The van der Waals surface area contributed by atoms with Gasteiger partial charge in [-0.15, -0.1) is 5.10 Å². The Labute approximate surface area is 93.7 Å². The number of hydrogen-bond acceptors (Lipinski definition) is 5. The number of aliphatic hydroxyl groups excluding tert-OH is 1. The molecule has 0 radical (unpaired) electrons. The zero-order valence-electron chi connectivity index (χ0n) is 8.74. The van der Waals surface area contributed by atoms with Gasteiger partial charge in [0, 0.05) is 12.6 Å². The largest absolute Gasteiger partial charge is 0.385 e. The summed E-state index contributed by atoms with van der Waals surface area (Å²) in [4.78, 5) is 0. The summed E-state index contributed by atoms with van der Waals surface area (Å²) in [5.41, 5.74) is 5.83. The van der Waals surface area contributed by atoms with E-state index in [0.717, 1.165) is 0 Å². The predicted molar refractivity (Wildman–Crippen MR) is 59.6 cm³/mol. The van der Waals surface area contributed by atoms with Crippen molar-refractivity contribution in [2.24, 2.45) is 0 Å². The molecule has 0 saturated heterocycles. The molecule has 0 fully saturated rings. The number of nitrogen functional groups attached to an aromatic ring is 1. The number of aliphatic hydroxyl groups is 1. The maximum absolute atomic E-state index is 9.72. The first-order valence-electron chi connectivity index (χ1n) is 4.70. The molecule has 0 aliphatic rings. The van der Waals surface area contributed by atoms with Gasteiger partial charge in [0.2, 0.25) is 0 Å². The van der Waals surface area contributed by atoms with E-state index in [1.807, 2.05) is 13.8 Å². The van der Waals surface area contributed by atoms with Crippen LogP contribution in [0.25, 0.3) is 0 Å². The fourth-order valence-corrected chi connectivity index (χ4v) is 1.16. The van der Waals surface area contributed by atoms with Crippen LogP contribution in [-0.2, 0) is 0 Å². The maximum Gasteiger partial charge on any atom is 0.164 e. The third-order valence-electron chi connectivity index (χ3n) is 1.85. The first-order valence-corrected chi connectivity index (χ1v) is 5.08. The number of nitrogens with zero attached hydrogens (tertiary/aromatic N) is 2. The molecule has 84 valence electrons. The van der Waals surface area contributed by atoms with Gasteiger partial charge in [0.25, 0.3) is 0 Å². The zero-order chi connectivity index (χ0) is 11.4. The Morgan fingerprint density at radius 3 is 2.73 bits per heavy atom. The van der Waals surface area contributed by atoms with Crippen molar-refractivity contribution in [3.63, 3.8) is 0 Å². The summed E-state index contributed by atoms with van der Waals surface area (Å²) < 4.78 is 0. The maximum atomic E-state index is 9.72. The molecule has 1 heterocycles. The van der Waals surface area contributed by atoms with Crippen LogP contribution in [0.1, 0.15) is 25.6 Å². The second kappa shape index (κ2) is 5.25. The third-order valence-corrected chi connectivity index (χ3v) is 2.16. The van der Waals surface area contributed by atoms with Gasteiger partial charge in [0.1, 0.15) is 6.10 Å². The molecule has 0 aliphatic heterocycles. The van der Waals surface area contributed by atoms with Crippen LogP contribution in [0.15, 0.2) is 6.07 Å². The van der Waals surface area contributed by atoms with Crippen molar-refractivity contribution < 1.29 is 5.11 Å². The molecule has 1 aromatic rings. The van der Waals surface area contributed by atoms with Crippen LogP contribution < -0.4 is 11.1 Å². The van der Waals surface area contributed by atoms with E-state index in [4.69, 9.17) is 17.3 Å². The van der Waals surface area contributed by atoms with E-state index >= 15 is 0 Å². The fraction of sp³-hybridized carbons (Fsp3) is 0.556. The standard InChI is InChI=1S/C9H15ClN4O/c1-5(2)12-4-8(15)7-3-6(10)9(11)14-13-7/h3,5,8,12,15H,4H2,1-2H3,(H2,11,14)/t8-/m0/s1. The summed E-state index contributed by atoms with van der Waals surface area (Å²) >= 11 is 5.76. The van der Waals surface area contributed by atoms with Crippen molar-refractivity contribution in [2.75, 3.05) is 12.3 Å². The van der Waals surface area contributed by atoms with Crippen molar-refractivity contribution in [3.8, 4) is 0 Å². The van der Waals surface area contributed by atoms with Gasteiger partial charge in [-0.3, -0.25) is 0 Å². The Morgan fingerprint density at radius 1 is 1.53 bits per heavy atom. The summed E-state index contributed by atoms with van der Waals surface area (Å²) in [5, 5.41) is 20.5. The number of anilines is 1. The molecule has 1 atom stereocenters. The van der Waals surface area contributed by atoms with E-state index in [1.54, 1.807) is 0 Å². The minimum Gasteiger partial charge on any atom is -0.385 e. The quantitative estimate of drug-likeness (QED) is 0.711. The van der Waals surface area contributed by atoms with E-state index < -0.39 is 6.10 Å². The molecule has 0 amide bonds. The summed E-state index contributed by atoms with van der Waals surface area (Å²) in [7, 11) is 0. The summed E-state index contributed by atoms with van der Waals surface area (Å²) in [6.07, 6.45) is -0.724. The normalized spacial score (nSPS) is 13.1. The molecule has 6 heteroatoms. The predicted octanol–water partition coefficient (Wildman–Crippen LogP) is 0.744. The lowest BCUT2D eigenvalue weighted by molar-refractivity contribution is 0.166. The van der Waals surface area contributed by atoms with Crippen LogP contribution in [0.4, 0.5) is 5.82 Å². The van der Waals surface area contributed by atoms with E-state index in [0.29, 0.717) is 23.3 Å². The highest BCUT2D eigenvalue weighted by atomic mass is 35.5. The molecule has 0 bridgehead atoms. The van der Waals surface area contributed by atoms with Gasteiger partial charge in [-0.05, 0) is 6.07 Å². The second-order valence-corrected chi connectivity index (χ2v) is 3.99. The van der Waals surface area contributed by atoms with Gasteiger partial charge in [-0.1, -0.05) is 25.4 Å². The molecule has 15 heavy (non-hydrogen) atoms. The van der Waals surface area contributed by atoms with E-state index in [9.17, 15) is 5.11 Å². The van der Waals surface area contributed by atoms with Crippen LogP contribution in [0.5, 0.6) is 0 Å². The van der Waals surface area contributed by atoms with Crippen LogP contribution in [0, 0.1) is 0 Å². The van der Waals surface area contributed by atoms with Crippen LogP contribution in [0.2, 0.25) is 5.02 Å². The average Bonchev–Trinajstić information content (AvgIpc) is 2.18. The van der Waals surface area contributed by atoms with Crippen molar-refractivity contribution in [1.82, 2.24) is 15.5 Å². The fourth-order valence-electron chi connectivity index (χ4n) is 1.01. The average molecular weight is 231 g/mol. The minimum absolute atomic E-state index is 0.171. The van der Waals surface area contributed by atoms with Crippen molar-refractivity contribution >= 4 is 17.4 Å². The number of halogens is 1. The smallest absolute Gasteiger partial charge is 0.164 e. The lowest BCUT2D eigenvalue weighted by atomic mass is 10.2. The number of aromatic nitrogens is 2. The van der Waals surface area contributed by atoms with E-state index in [1.165, 1.54) is 6.07 Å². The Bertz CT molecular complexity index is 332. The second-order valence-electron chi connectivity index (χ2n) is 3.58. The Balaban J connectivity index is 2.65. The van der Waals surface area contributed by atoms with Gasteiger partial charge in [-0.25, -0.2) is 0 Å². The first-order chi connectivity index (χ1) is 7.00. The van der Waals surface area contributed by atoms with Crippen LogP contribution in [-0.4, -0.2) is 27.9 Å². The summed E-state index contributed by atoms with van der Waals surface area (Å²) in [6.45, 7) is 4.40. The van der Waals surface area contributed by atoms with Gasteiger partial charge in [-0.2, -0.15) is 5.10 Å². The van der Waals surface area contributed by atoms with Crippen molar-refractivity contribution in [1.29, 1.82) is 0 Å². The molecule has 1 rings (SSSR count). The van der Waals surface area contributed by atoms with E-state index in [2.05, 4.69) is 15.5 Å².